The lowest BCUT2D eigenvalue weighted by atomic mass is 9.90. The molecule has 0 atom stereocenters. The number of likely N-dealkylation sites (tertiary alicyclic amines) is 1. The Balaban J connectivity index is 2.43. The molecule has 0 aromatic carbocycles. The molecule has 0 N–H and O–H groups in total. The summed E-state index contributed by atoms with van der Waals surface area (Å²) in [4.78, 5) is 2.52. The molecule has 0 saturated carbocycles. The maximum absolute atomic E-state index is 8.93. The summed E-state index contributed by atoms with van der Waals surface area (Å²) in [5.41, 5.74) is 0.185. The Kier molecular flexibility index (Phi) is 3.21. The van der Waals surface area contributed by atoms with Gasteiger partial charge in [-0.05, 0) is 53.5 Å². The third kappa shape index (κ3) is 2.72. The minimum atomic E-state index is -0.168. The van der Waals surface area contributed by atoms with Crippen molar-refractivity contribution in [3.63, 3.8) is 0 Å². The molecular weight excluding hydrogens is 172 g/mol. The third-order valence-corrected chi connectivity index (χ3v) is 3.38. The SMILES string of the molecule is CC(C)(C#N)CCN1CCCC1(C)C. The molecule has 2 nitrogen and oxygen atoms in total. The van der Waals surface area contributed by atoms with Crippen LogP contribution in [0.1, 0.15) is 47.0 Å². The van der Waals surface area contributed by atoms with Gasteiger partial charge in [-0.3, -0.25) is 4.90 Å². The van der Waals surface area contributed by atoms with E-state index in [0.29, 0.717) is 5.54 Å². The lowest BCUT2D eigenvalue weighted by molar-refractivity contribution is 0.158. The second-order valence-electron chi connectivity index (χ2n) is 5.65. The smallest absolute Gasteiger partial charge is 0.0684 e. The molecule has 1 saturated heterocycles. The third-order valence-electron chi connectivity index (χ3n) is 3.38. The lowest BCUT2D eigenvalue weighted by Gasteiger charge is -2.33. The molecule has 80 valence electrons. The zero-order valence-electron chi connectivity index (χ0n) is 9.93. The van der Waals surface area contributed by atoms with Crippen LogP contribution < -0.4 is 0 Å². The van der Waals surface area contributed by atoms with Crippen molar-refractivity contribution in [2.75, 3.05) is 13.1 Å². The zero-order valence-corrected chi connectivity index (χ0v) is 9.93. The molecule has 1 heterocycles. The van der Waals surface area contributed by atoms with E-state index < -0.39 is 0 Å². The molecule has 0 aliphatic carbocycles. The van der Waals surface area contributed by atoms with Crippen molar-refractivity contribution < 1.29 is 0 Å². The van der Waals surface area contributed by atoms with Gasteiger partial charge >= 0.3 is 0 Å². The molecule has 2 heteroatoms. The molecule has 1 rings (SSSR count). The highest BCUT2D eigenvalue weighted by Gasteiger charge is 2.32. The summed E-state index contributed by atoms with van der Waals surface area (Å²) in [7, 11) is 0. The molecule has 1 fully saturated rings. The van der Waals surface area contributed by atoms with Gasteiger partial charge in [-0.15, -0.1) is 0 Å². The highest BCUT2D eigenvalue weighted by atomic mass is 15.2. The maximum Gasteiger partial charge on any atom is 0.0684 e. The van der Waals surface area contributed by atoms with Gasteiger partial charge in [-0.1, -0.05) is 0 Å². The summed E-state index contributed by atoms with van der Waals surface area (Å²) < 4.78 is 0. The van der Waals surface area contributed by atoms with E-state index >= 15 is 0 Å². The van der Waals surface area contributed by atoms with E-state index in [4.69, 9.17) is 5.26 Å². The van der Waals surface area contributed by atoms with Crippen LogP contribution in [0.15, 0.2) is 0 Å². The molecule has 1 aliphatic rings. The summed E-state index contributed by atoms with van der Waals surface area (Å²) >= 11 is 0. The van der Waals surface area contributed by atoms with E-state index in [1.807, 2.05) is 13.8 Å². The van der Waals surface area contributed by atoms with Crippen LogP contribution in [0.4, 0.5) is 0 Å². The van der Waals surface area contributed by atoms with Crippen LogP contribution in [0.2, 0.25) is 0 Å². The van der Waals surface area contributed by atoms with Crippen LogP contribution in [0.5, 0.6) is 0 Å². The van der Waals surface area contributed by atoms with Gasteiger partial charge in [-0.25, -0.2) is 0 Å². The van der Waals surface area contributed by atoms with Gasteiger partial charge in [0.05, 0.1) is 11.5 Å². The summed E-state index contributed by atoms with van der Waals surface area (Å²) in [6, 6.07) is 2.37. The van der Waals surface area contributed by atoms with Crippen LogP contribution in [-0.2, 0) is 0 Å². The van der Waals surface area contributed by atoms with Crippen LogP contribution in [0.3, 0.4) is 0 Å². The Morgan fingerprint density at radius 1 is 1.43 bits per heavy atom. The highest BCUT2D eigenvalue weighted by molar-refractivity contribution is 4.94. The monoisotopic (exact) mass is 194 g/mol. The minimum Gasteiger partial charge on any atom is -0.298 e. The molecule has 0 spiro atoms. The minimum absolute atomic E-state index is 0.168. The molecule has 0 bridgehead atoms. The van der Waals surface area contributed by atoms with Crippen molar-refractivity contribution in [1.29, 1.82) is 5.26 Å². The molecule has 0 aromatic rings. The molecule has 0 radical (unpaired) electrons. The zero-order chi connectivity index (χ0) is 10.8. The van der Waals surface area contributed by atoms with Gasteiger partial charge in [0.25, 0.3) is 0 Å². The molecular formula is C12H22N2. The first kappa shape index (κ1) is 11.5. The lowest BCUT2D eigenvalue weighted by Crippen LogP contribution is -2.39. The van der Waals surface area contributed by atoms with Gasteiger partial charge in [0, 0.05) is 12.1 Å². The van der Waals surface area contributed by atoms with Crippen molar-refractivity contribution in [2.24, 2.45) is 5.41 Å². The number of hydrogen-bond acceptors (Lipinski definition) is 2. The number of rotatable bonds is 3. The van der Waals surface area contributed by atoms with Crippen molar-refractivity contribution >= 4 is 0 Å². The predicted octanol–water partition coefficient (Wildman–Crippen LogP) is 2.80. The average Bonchev–Trinajstić information content (AvgIpc) is 2.42. The van der Waals surface area contributed by atoms with E-state index in [-0.39, 0.29) is 5.41 Å². The van der Waals surface area contributed by atoms with Crippen molar-refractivity contribution in [3.8, 4) is 6.07 Å². The van der Waals surface area contributed by atoms with Gasteiger partial charge in [-0.2, -0.15) is 5.26 Å². The van der Waals surface area contributed by atoms with Crippen LogP contribution in [0.25, 0.3) is 0 Å². The average molecular weight is 194 g/mol. The topological polar surface area (TPSA) is 27.0 Å². The maximum atomic E-state index is 8.93. The molecule has 0 unspecified atom stereocenters. The second-order valence-corrected chi connectivity index (χ2v) is 5.65. The van der Waals surface area contributed by atoms with E-state index in [9.17, 15) is 0 Å². The Morgan fingerprint density at radius 3 is 2.50 bits per heavy atom. The molecule has 0 amide bonds. The fourth-order valence-corrected chi connectivity index (χ4v) is 2.05. The second kappa shape index (κ2) is 3.90. The fourth-order valence-electron chi connectivity index (χ4n) is 2.05. The van der Waals surface area contributed by atoms with E-state index in [2.05, 4.69) is 24.8 Å². The normalized spacial score (nSPS) is 22.2. The first-order valence-electron chi connectivity index (χ1n) is 5.54. The quantitative estimate of drug-likeness (QED) is 0.690. The highest BCUT2D eigenvalue weighted by Crippen LogP contribution is 2.30. The van der Waals surface area contributed by atoms with Gasteiger partial charge < -0.3 is 0 Å². The van der Waals surface area contributed by atoms with Crippen LogP contribution in [0, 0.1) is 16.7 Å². The van der Waals surface area contributed by atoms with Crippen molar-refractivity contribution in [2.45, 2.75) is 52.5 Å². The van der Waals surface area contributed by atoms with Gasteiger partial charge in [0.15, 0.2) is 0 Å². The summed E-state index contributed by atoms with van der Waals surface area (Å²) in [5, 5.41) is 8.93. The van der Waals surface area contributed by atoms with Crippen LogP contribution in [-0.4, -0.2) is 23.5 Å². The Bertz CT molecular complexity index is 235. The number of nitriles is 1. The largest absolute Gasteiger partial charge is 0.298 e. The Labute approximate surface area is 87.9 Å². The van der Waals surface area contributed by atoms with Gasteiger partial charge in [0.1, 0.15) is 0 Å². The fraction of sp³-hybridized carbons (Fsp3) is 0.917. The van der Waals surface area contributed by atoms with Crippen LogP contribution >= 0.6 is 0 Å². The first-order valence-corrected chi connectivity index (χ1v) is 5.54. The van der Waals surface area contributed by atoms with Gasteiger partial charge in [0.2, 0.25) is 0 Å². The van der Waals surface area contributed by atoms with E-state index in [0.717, 1.165) is 13.0 Å². The van der Waals surface area contributed by atoms with Crippen molar-refractivity contribution in [1.82, 2.24) is 4.90 Å². The van der Waals surface area contributed by atoms with Crippen molar-refractivity contribution in [3.05, 3.63) is 0 Å². The molecule has 0 aromatic heterocycles. The number of nitrogens with zero attached hydrogens (tertiary/aromatic N) is 2. The number of hydrogen-bond donors (Lipinski definition) is 0. The predicted molar refractivity (Wildman–Crippen MR) is 58.9 cm³/mol. The first-order chi connectivity index (χ1) is 6.37. The molecule has 1 aliphatic heterocycles. The summed E-state index contributed by atoms with van der Waals surface area (Å²) in [5.74, 6) is 0. The summed E-state index contributed by atoms with van der Waals surface area (Å²) in [6.45, 7) is 10.9. The summed E-state index contributed by atoms with van der Waals surface area (Å²) in [6.07, 6.45) is 3.58. The van der Waals surface area contributed by atoms with E-state index in [1.165, 1.54) is 19.4 Å². The van der Waals surface area contributed by atoms with E-state index in [1.54, 1.807) is 0 Å². The standard InChI is InChI=1S/C12H22N2/c1-11(2,10-13)7-9-14-8-5-6-12(14,3)4/h5-9H2,1-4H3. The Hall–Kier alpha value is -0.550. The Morgan fingerprint density at radius 2 is 2.07 bits per heavy atom. The molecule has 14 heavy (non-hydrogen) atoms.